The van der Waals surface area contributed by atoms with E-state index in [4.69, 9.17) is 8.92 Å². The number of aliphatic hydroxyl groups excluding tert-OH is 2. The highest BCUT2D eigenvalue weighted by Gasteiger charge is 2.35. The largest absolute Gasteiger partial charge is 0.390 e. The maximum absolute atomic E-state index is 12.3. The van der Waals surface area contributed by atoms with Crippen molar-refractivity contribution in [2.75, 3.05) is 6.61 Å². The Morgan fingerprint density at radius 1 is 0.879 bits per heavy atom. The van der Waals surface area contributed by atoms with Crippen LogP contribution in [0.4, 0.5) is 0 Å². The molecular weight excluding hydrogens is 440 g/mol. The molecule has 2 rings (SSSR count). The van der Waals surface area contributed by atoms with Gasteiger partial charge in [-0.3, -0.25) is 4.18 Å². The molecule has 4 atom stereocenters. The quantitative estimate of drug-likeness (QED) is 0.231. The first-order valence-corrected chi connectivity index (χ1v) is 14.2. The van der Waals surface area contributed by atoms with Gasteiger partial charge in [-0.15, -0.1) is 0 Å². The molecule has 6 nitrogen and oxygen atoms in total. The van der Waals surface area contributed by atoms with Gasteiger partial charge in [0.1, 0.15) is 6.10 Å². The van der Waals surface area contributed by atoms with Crippen LogP contribution in [0.1, 0.15) is 96.0 Å². The Morgan fingerprint density at radius 2 is 1.39 bits per heavy atom. The highest BCUT2D eigenvalue weighted by atomic mass is 32.2. The molecule has 0 bridgehead atoms. The van der Waals surface area contributed by atoms with Crippen molar-refractivity contribution in [2.45, 2.75) is 127 Å². The second kappa shape index (κ2) is 15.1. The van der Waals surface area contributed by atoms with Crippen molar-refractivity contribution in [3.63, 3.8) is 0 Å². The van der Waals surface area contributed by atoms with E-state index in [-0.39, 0.29) is 17.6 Å². The summed E-state index contributed by atoms with van der Waals surface area (Å²) >= 11 is 0. The van der Waals surface area contributed by atoms with E-state index >= 15 is 0 Å². The van der Waals surface area contributed by atoms with Gasteiger partial charge in [0.15, 0.2) is 0 Å². The van der Waals surface area contributed by atoms with Crippen LogP contribution in [-0.2, 0) is 19.0 Å². The fraction of sp³-hybridized carbons (Fsp3) is 0.769. The van der Waals surface area contributed by atoms with Gasteiger partial charge < -0.3 is 14.9 Å². The normalized spacial score (nSPS) is 20.7. The summed E-state index contributed by atoms with van der Waals surface area (Å²) in [7, 11) is -3.92. The van der Waals surface area contributed by atoms with Crippen molar-refractivity contribution < 1.29 is 27.6 Å². The lowest BCUT2D eigenvalue weighted by Gasteiger charge is -2.22. The Labute approximate surface area is 200 Å². The van der Waals surface area contributed by atoms with Crippen LogP contribution in [0.2, 0.25) is 0 Å². The van der Waals surface area contributed by atoms with E-state index in [1.165, 1.54) is 63.5 Å². The molecule has 0 spiro atoms. The van der Waals surface area contributed by atoms with Crippen LogP contribution in [0, 0.1) is 6.92 Å². The van der Waals surface area contributed by atoms with E-state index in [2.05, 4.69) is 6.92 Å². The average Bonchev–Trinajstić information content (AvgIpc) is 3.29. The topological polar surface area (TPSA) is 93.1 Å². The lowest BCUT2D eigenvalue weighted by molar-refractivity contribution is -0.0845. The molecule has 33 heavy (non-hydrogen) atoms. The molecule has 1 aromatic rings. The first-order valence-electron chi connectivity index (χ1n) is 12.8. The molecule has 190 valence electrons. The summed E-state index contributed by atoms with van der Waals surface area (Å²) in [5.41, 5.74) is 0.954. The molecule has 1 saturated heterocycles. The first-order chi connectivity index (χ1) is 15.8. The van der Waals surface area contributed by atoms with Crippen LogP contribution >= 0.6 is 0 Å². The van der Waals surface area contributed by atoms with Gasteiger partial charge in [0, 0.05) is 0 Å². The zero-order chi connectivity index (χ0) is 24.1. The van der Waals surface area contributed by atoms with Gasteiger partial charge in [-0.1, -0.05) is 88.8 Å². The van der Waals surface area contributed by atoms with E-state index in [1.807, 2.05) is 6.92 Å². The van der Waals surface area contributed by atoms with Gasteiger partial charge in [-0.25, -0.2) is 0 Å². The van der Waals surface area contributed by atoms with Crippen molar-refractivity contribution in [2.24, 2.45) is 0 Å². The smallest absolute Gasteiger partial charge is 0.297 e. The third-order valence-corrected chi connectivity index (χ3v) is 7.80. The first kappa shape index (κ1) is 28.2. The minimum Gasteiger partial charge on any atom is -0.390 e. The number of aryl methyl sites for hydroxylation is 1. The van der Waals surface area contributed by atoms with Crippen LogP contribution in [0.3, 0.4) is 0 Å². The van der Waals surface area contributed by atoms with E-state index in [9.17, 15) is 18.6 Å². The molecule has 0 amide bonds. The van der Waals surface area contributed by atoms with Gasteiger partial charge in [0.25, 0.3) is 10.1 Å². The molecule has 0 unspecified atom stereocenters. The molecule has 1 aromatic carbocycles. The Hall–Kier alpha value is -0.990. The molecule has 1 heterocycles. The number of unbranched alkanes of at least 4 members (excludes halogenated alkanes) is 9. The van der Waals surface area contributed by atoms with E-state index in [1.54, 1.807) is 12.1 Å². The molecule has 1 aliphatic rings. The van der Waals surface area contributed by atoms with Gasteiger partial charge in [0.05, 0.1) is 29.8 Å². The van der Waals surface area contributed by atoms with Crippen molar-refractivity contribution in [3.05, 3.63) is 29.8 Å². The van der Waals surface area contributed by atoms with Crippen LogP contribution in [0.15, 0.2) is 29.2 Å². The monoisotopic (exact) mass is 484 g/mol. The van der Waals surface area contributed by atoms with Crippen molar-refractivity contribution in [1.82, 2.24) is 0 Å². The van der Waals surface area contributed by atoms with E-state index in [0.717, 1.165) is 18.4 Å². The molecule has 0 aromatic heterocycles. The number of ether oxygens (including phenoxy) is 1. The van der Waals surface area contributed by atoms with E-state index < -0.39 is 28.4 Å². The molecule has 0 aliphatic carbocycles. The fourth-order valence-corrected chi connectivity index (χ4v) is 5.25. The van der Waals surface area contributed by atoms with Crippen molar-refractivity contribution >= 4 is 10.1 Å². The Bertz CT molecular complexity index is 749. The van der Waals surface area contributed by atoms with E-state index in [0.29, 0.717) is 19.3 Å². The van der Waals surface area contributed by atoms with Crippen molar-refractivity contribution in [3.8, 4) is 0 Å². The summed E-state index contributed by atoms with van der Waals surface area (Å²) in [5.74, 6) is 0. The molecular formula is C26H44O6S. The minimum atomic E-state index is -3.92. The second-order valence-corrected chi connectivity index (χ2v) is 11.1. The lowest BCUT2D eigenvalue weighted by atomic mass is 10.0. The average molecular weight is 485 g/mol. The highest BCUT2D eigenvalue weighted by Crippen LogP contribution is 2.27. The number of hydrogen-bond acceptors (Lipinski definition) is 6. The maximum atomic E-state index is 12.3. The zero-order valence-electron chi connectivity index (χ0n) is 20.5. The molecule has 1 aliphatic heterocycles. The summed E-state index contributed by atoms with van der Waals surface area (Å²) in [6, 6.07) is 6.38. The van der Waals surface area contributed by atoms with Gasteiger partial charge >= 0.3 is 0 Å². The number of rotatable bonds is 17. The summed E-state index contributed by atoms with van der Waals surface area (Å²) < 4.78 is 35.5. The predicted octanol–water partition coefficient (Wildman–Crippen LogP) is 5.28. The fourth-order valence-electron chi connectivity index (χ4n) is 4.32. The summed E-state index contributed by atoms with van der Waals surface area (Å²) in [4.78, 5) is 0.0671. The molecule has 1 fully saturated rings. The minimum absolute atomic E-state index is 0.0671. The third kappa shape index (κ3) is 10.4. The number of hydrogen-bond donors (Lipinski definition) is 2. The molecule has 2 N–H and O–H groups in total. The molecule has 7 heteroatoms. The zero-order valence-corrected chi connectivity index (χ0v) is 21.3. The summed E-state index contributed by atoms with van der Waals surface area (Å²) in [5, 5.41) is 20.8. The van der Waals surface area contributed by atoms with Crippen LogP contribution in [-0.4, -0.2) is 49.7 Å². The third-order valence-electron chi connectivity index (χ3n) is 6.50. The van der Waals surface area contributed by atoms with Crippen LogP contribution in [0.25, 0.3) is 0 Å². The van der Waals surface area contributed by atoms with Crippen LogP contribution < -0.4 is 0 Å². The summed E-state index contributed by atoms with van der Waals surface area (Å²) in [6.07, 6.45) is 12.0. The second-order valence-electron chi connectivity index (χ2n) is 9.45. The Morgan fingerprint density at radius 3 is 1.97 bits per heavy atom. The Balaban J connectivity index is 1.59. The SMILES string of the molecule is CCCCCCCCCCCC[C@H](O)[C@@H]1CC[C@H]([C@H](O)COS(=O)(=O)c2ccc(C)cc2)O1. The number of aliphatic hydroxyl groups is 2. The molecule has 0 saturated carbocycles. The van der Waals surface area contributed by atoms with Gasteiger partial charge in [-0.05, 0) is 38.3 Å². The van der Waals surface area contributed by atoms with Crippen LogP contribution in [0.5, 0.6) is 0 Å². The highest BCUT2D eigenvalue weighted by molar-refractivity contribution is 7.86. The summed E-state index contributed by atoms with van der Waals surface area (Å²) in [6.45, 7) is 3.75. The Kier molecular flexibility index (Phi) is 12.9. The number of benzene rings is 1. The lowest BCUT2D eigenvalue weighted by Crippen LogP contribution is -2.34. The van der Waals surface area contributed by atoms with Crippen molar-refractivity contribution in [1.29, 1.82) is 0 Å². The predicted molar refractivity (Wildman–Crippen MR) is 131 cm³/mol. The maximum Gasteiger partial charge on any atom is 0.297 e. The standard InChI is InChI=1S/C26H44O6S/c1-3-4-5-6-7-8-9-10-11-12-13-23(27)25-18-19-26(32-25)24(28)20-31-33(29,30)22-16-14-21(2)15-17-22/h14-17,23-28H,3-13,18-20H2,1-2H3/t23-,24+,25-,26+/m0/s1. The van der Waals surface area contributed by atoms with Gasteiger partial charge in [0.2, 0.25) is 0 Å². The van der Waals surface area contributed by atoms with Gasteiger partial charge in [-0.2, -0.15) is 8.42 Å². The molecule has 0 radical (unpaired) electrons.